The Hall–Kier alpha value is -0.0400. The zero-order chi connectivity index (χ0) is 13.6. The van der Waals surface area contributed by atoms with Gasteiger partial charge >= 0.3 is 4.59 Å². The number of benzene rings is 1. The number of hydrogen-bond acceptors (Lipinski definition) is 4. The van der Waals surface area contributed by atoms with Crippen molar-refractivity contribution in [2.24, 2.45) is 0 Å². The van der Waals surface area contributed by atoms with E-state index in [2.05, 4.69) is 12.2 Å². The van der Waals surface area contributed by atoms with Gasteiger partial charge in [-0.2, -0.15) is 8.78 Å². The summed E-state index contributed by atoms with van der Waals surface area (Å²) in [5.74, 6) is 0.186. The molecule has 7 heteroatoms. The minimum atomic E-state index is -2.99. The molecule has 0 aromatic heterocycles. The molecule has 0 radical (unpaired) electrons. The molecule has 1 aromatic carbocycles. The van der Waals surface area contributed by atoms with E-state index < -0.39 is 4.59 Å². The van der Waals surface area contributed by atoms with Gasteiger partial charge in [-0.1, -0.05) is 35.5 Å². The molecule has 0 amide bonds. The monoisotopic (exact) mass is 328 g/mol. The maximum Gasteiger partial charge on any atom is 0.350 e. The van der Waals surface area contributed by atoms with Crippen LogP contribution in [0.25, 0.3) is 0 Å². The molecule has 1 rings (SSSR count). The Morgan fingerprint density at radius 1 is 1.39 bits per heavy atom. The Bertz CT molecular complexity index is 398. The van der Waals surface area contributed by atoms with Crippen LogP contribution in [0.4, 0.5) is 8.78 Å². The third-order valence-electron chi connectivity index (χ3n) is 1.78. The molecule has 18 heavy (non-hydrogen) atoms. The molecule has 0 unspecified atom stereocenters. The van der Waals surface area contributed by atoms with E-state index >= 15 is 0 Å². The van der Waals surface area contributed by atoms with Gasteiger partial charge in [-0.05, 0) is 36.8 Å². The molecule has 0 aliphatic carbocycles. The number of alkyl halides is 2. The highest BCUT2D eigenvalue weighted by molar-refractivity contribution is 8.30. The van der Waals surface area contributed by atoms with E-state index in [1.807, 2.05) is 0 Å². The van der Waals surface area contributed by atoms with Crippen LogP contribution in [0.5, 0.6) is 0 Å². The Morgan fingerprint density at radius 3 is 2.56 bits per heavy atom. The van der Waals surface area contributed by atoms with Gasteiger partial charge in [0.2, 0.25) is 4.38 Å². The lowest BCUT2D eigenvalue weighted by atomic mass is 10.2. The van der Waals surface area contributed by atoms with Crippen molar-refractivity contribution in [2.45, 2.75) is 17.3 Å². The number of hydrogen-bond donors (Lipinski definition) is 0. The van der Waals surface area contributed by atoms with Gasteiger partial charge in [0.15, 0.2) is 0 Å². The van der Waals surface area contributed by atoms with Crippen LogP contribution >= 0.6 is 47.3 Å². The van der Waals surface area contributed by atoms with Gasteiger partial charge in [-0.25, -0.2) is 0 Å². The minimum absolute atomic E-state index is 0.133. The van der Waals surface area contributed by atoms with Crippen molar-refractivity contribution in [3.05, 3.63) is 34.9 Å². The number of rotatable bonds is 5. The van der Waals surface area contributed by atoms with E-state index in [9.17, 15) is 8.78 Å². The first-order chi connectivity index (χ1) is 8.43. The number of ether oxygens (including phenoxy) is 1. The fourth-order valence-electron chi connectivity index (χ4n) is 1.02. The van der Waals surface area contributed by atoms with Crippen LogP contribution in [0.1, 0.15) is 12.5 Å². The molecule has 0 saturated heterocycles. The van der Waals surface area contributed by atoms with Crippen molar-refractivity contribution in [2.75, 3.05) is 6.61 Å². The first-order valence-electron chi connectivity index (χ1n) is 5.05. The van der Waals surface area contributed by atoms with E-state index in [1.165, 1.54) is 0 Å². The minimum Gasteiger partial charge on any atom is -0.479 e. The number of thioether (sulfide) groups is 2. The molecule has 0 spiro atoms. The molecule has 1 aromatic rings. The standard InChI is InChI=1S/C11H11ClF2OS3/c1-2-15-10(16)18-11(13,14)17-7-8-3-5-9(12)6-4-8/h3-6H,2,7H2,1H3. The molecule has 0 aliphatic heterocycles. The Kier molecular flexibility index (Phi) is 6.70. The fraction of sp³-hybridized carbons (Fsp3) is 0.364. The lowest BCUT2D eigenvalue weighted by Crippen LogP contribution is -2.10. The van der Waals surface area contributed by atoms with Crippen molar-refractivity contribution in [3.63, 3.8) is 0 Å². The van der Waals surface area contributed by atoms with Gasteiger partial charge in [0.25, 0.3) is 0 Å². The molecule has 1 nitrogen and oxygen atoms in total. The number of thiocarbonyl (C=S) groups is 1. The summed E-state index contributed by atoms with van der Waals surface area (Å²) in [6, 6.07) is 6.79. The second-order valence-corrected chi connectivity index (χ2v) is 6.67. The van der Waals surface area contributed by atoms with E-state index in [0.29, 0.717) is 23.4 Å². The van der Waals surface area contributed by atoms with Crippen LogP contribution in [-0.4, -0.2) is 15.6 Å². The summed E-state index contributed by atoms with van der Waals surface area (Å²) in [5, 5.41) is 0.586. The zero-order valence-corrected chi connectivity index (χ0v) is 12.7. The highest BCUT2D eigenvalue weighted by Gasteiger charge is 2.33. The summed E-state index contributed by atoms with van der Waals surface area (Å²) in [6.45, 7) is 2.00. The van der Waals surface area contributed by atoms with Crippen LogP contribution in [0.2, 0.25) is 5.02 Å². The Labute approximate surface area is 124 Å². The van der Waals surface area contributed by atoms with Crippen molar-refractivity contribution in [1.29, 1.82) is 0 Å². The summed E-state index contributed by atoms with van der Waals surface area (Å²) in [6.07, 6.45) is 0. The van der Waals surface area contributed by atoms with Crippen molar-refractivity contribution < 1.29 is 13.5 Å². The van der Waals surface area contributed by atoms with Crippen molar-refractivity contribution in [3.8, 4) is 0 Å². The van der Waals surface area contributed by atoms with E-state index in [4.69, 9.17) is 16.3 Å². The highest BCUT2D eigenvalue weighted by Crippen LogP contribution is 2.42. The zero-order valence-electron chi connectivity index (χ0n) is 9.49. The predicted octanol–water partition coefficient (Wildman–Crippen LogP) is 5.18. The van der Waals surface area contributed by atoms with Gasteiger partial charge in [0, 0.05) is 22.5 Å². The second kappa shape index (κ2) is 7.53. The lowest BCUT2D eigenvalue weighted by Gasteiger charge is -2.15. The third kappa shape index (κ3) is 6.22. The number of halogens is 3. The smallest absolute Gasteiger partial charge is 0.350 e. The average Bonchev–Trinajstić information content (AvgIpc) is 2.28. The van der Waals surface area contributed by atoms with Gasteiger partial charge < -0.3 is 4.74 Å². The topological polar surface area (TPSA) is 9.23 Å². The molecule has 0 aliphatic rings. The van der Waals surface area contributed by atoms with Gasteiger partial charge in [-0.3, -0.25) is 0 Å². The molecule has 0 atom stereocenters. The largest absolute Gasteiger partial charge is 0.479 e. The maximum absolute atomic E-state index is 13.5. The predicted molar refractivity (Wildman–Crippen MR) is 79.5 cm³/mol. The van der Waals surface area contributed by atoms with Crippen molar-refractivity contribution >= 4 is 51.7 Å². The van der Waals surface area contributed by atoms with Gasteiger partial charge in [0.1, 0.15) is 0 Å². The summed E-state index contributed by atoms with van der Waals surface area (Å²) in [5.41, 5.74) is 0.784. The van der Waals surface area contributed by atoms with Crippen LogP contribution in [0.3, 0.4) is 0 Å². The van der Waals surface area contributed by atoms with Crippen molar-refractivity contribution in [1.82, 2.24) is 0 Å². The molecular formula is C11H11ClF2OS3. The van der Waals surface area contributed by atoms with Crippen LogP contribution in [0, 0.1) is 0 Å². The maximum atomic E-state index is 13.5. The van der Waals surface area contributed by atoms with Crippen LogP contribution in [-0.2, 0) is 10.5 Å². The fourth-order valence-corrected chi connectivity index (χ4v) is 3.28. The lowest BCUT2D eigenvalue weighted by molar-refractivity contribution is 0.212. The normalized spacial score (nSPS) is 11.3. The highest BCUT2D eigenvalue weighted by atomic mass is 35.5. The van der Waals surface area contributed by atoms with Crippen LogP contribution in [0.15, 0.2) is 24.3 Å². The van der Waals surface area contributed by atoms with Gasteiger partial charge in [0.05, 0.1) is 6.61 Å². The van der Waals surface area contributed by atoms with E-state index in [0.717, 1.165) is 5.56 Å². The molecule has 100 valence electrons. The van der Waals surface area contributed by atoms with E-state index in [1.54, 1.807) is 31.2 Å². The summed E-state index contributed by atoms with van der Waals surface area (Å²) in [7, 11) is 0. The van der Waals surface area contributed by atoms with Crippen LogP contribution < -0.4 is 0 Å². The molecule has 0 bridgehead atoms. The molecule has 0 fully saturated rings. The SMILES string of the molecule is CCOC(=S)SC(F)(F)SCc1ccc(Cl)cc1. The summed E-state index contributed by atoms with van der Waals surface area (Å²) in [4.78, 5) is 0. The Morgan fingerprint density at radius 2 is 2.00 bits per heavy atom. The molecule has 0 heterocycles. The second-order valence-electron chi connectivity index (χ2n) is 3.16. The van der Waals surface area contributed by atoms with E-state index in [-0.39, 0.29) is 21.9 Å². The first-order valence-corrected chi connectivity index (χ1v) is 7.64. The Balaban J connectivity index is 2.45. The van der Waals surface area contributed by atoms with Gasteiger partial charge in [-0.15, -0.1) is 0 Å². The first kappa shape index (κ1) is 16.0. The third-order valence-corrected chi connectivity index (χ3v) is 4.34. The summed E-state index contributed by atoms with van der Waals surface area (Å²) >= 11 is 11.2. The molecule has 0 saturated carbocycles. The molecular weight excluding hydrogens is 318 g/mol. The summed E-state index contributed by atoms with van der Waals surface area (Å²) < 4.78 is 28.7. The quantitative estimate of drug-likeness (QED) is 0.544. The molecule has 0 N–H and O–H groups in total. The average molecular weight is 329 g/mol.